The van der Waals surface area contributed by atoms with Gasteiger partial charge in [0, 0.05) is 12.6 Å². The lowest BCUT2D eigenvalue weighted by atomic mass is 10.1. The van der Waals surface area contributed by atoms with Gasteiger partial charge in [0.1, 0.15) is 5.82 Å². The highest BCUT2D eigenvalue weighted by Gasteiger charge is 2.35. The van der Waals surface area contributed by atoms with E-state index >= 15 is 0 Å². The summed E-state index contributed by atoms with van der Waals surface area (Å²) in [7, 11) is -3.13. The van der Waals surface area contributed by atoms with Gasteiger partial charge < -0.3 is 9.32 Å². The number of furan rings is 1. The summed E-state index contributed by atoms with van der Waals surface area (Å²) in [5.74, 6) is -0.539. The number of benzene rings is 1. The molecule has 23 heavy (non-hydrogen) atoms. The van der Waals surface area contributed by atoms with Crippen LogP contribution in [0.15, 0.2) is 47.1 Å². The summed E-state index contributed by atoms with van der Waals surface area (Å²) >= 11 is 0. The van der Waals surface area contributed by atoms with E-state index in [0.717, 1.165) is 5.56 Å². The highest BCUT2D eigenvalue weighted by atomic mass is 32.2. The molecule has 1 atom stereocenters. The van der Waals surface area contributed by atoms with Crippen LogP contribution in [0.2, 0.25) is 0 Å². The molecular formula is C16H16FNO4S. The summed E-state index contributed by atoms with van der Waals surface area (Å²) in [6.07, 6.45) is 1.80. The van der Waals surface area contributed by atoms with Crippen molar-refractivity contribution in [3.05, 3.63) is 59.8 Å². The molecule has 3 rings (SSSR count). The van der Waals surface area contributed by atoms with Crippen molar-refractivity contribution in [2.45, 2.75) is 19.0 Å². The van der Waals surface area contributed by atoms with Crippen molar-refractivity contribution in [1.82, 2.24) is 4.90 Å². The molecule has 1 amide bonds. The zero-order chi connectivity index (χ0) is 16.4. The molecule has 2 aromatic rings. The molecule has 0 saturated carbocycles. The monoisotopic (exact) mass is 337 g/mol. The first-order valence-corrected chi connectivity index (χ1v) is 9.06. The van der Waals surface area contributed by atoms with Crippen molar-refractivity contribution < 1.29 is 22.0 Å². The largest absolute Gasteiger partial charge is 0.459 e. The number of amides is 1. The van der Waals surface area contributed by atoms with Gasteiger partial charge in [0.05, 0.1) is 17.8 Å². The maximum absolute atomic E-state index is 13.0. The molecule has 1 aliphatic heterocycles. The topological polar surface area (TPSA) is 67.6 Å². The van der Waals surface area contributed by atoms with Gasteiger partial charge in [-0.25, -0.2) is 12.8 Å². The average Bonchev–Trinajstić information content (AvgIpc) is 3.15. The van der Waals surface area contributed by atoms with Crippen LogP contribution < -0.4 is 0 Å². The fraction of sp³-hybridized carbons (Fsp3) is 0.312. The maximum atomic E-state index is 13.0. The van der Waals surface area contributed by atoms with Crippen LogP contribution in [0.25, 0.3) is 0 Å². The highest BCUT2D eigenvalue weighted by Crippen LogP contribution is 2.22. The Morgan fingerprint density at radius 3 is 2.57 bits per heavy atom. The van der Waals surface area contributed by atoms with Crippen LogP contribution in [-0.2, 0) is 16.4 Å². The van der Waals surface area contributed by atoms with E-state index < -0.39 is 15.9 Å². The first-order valence-electron chi connectivity index (χ1n) is 7.24. The minimum atomic E-state index is -3.13. The number of carbonyl (C=O) groups is 1. The number of hydrogen-bond acceptors (Lipinski definition) is 4. The Labute approximate surface area is 133 Å². The van der Waals surface area contributed by atoms with Crippen LogP contribution in [0.5, 0.6) is 0 Å². The lowest BCUT2D eigenvalue weighted by Crippen LogP contribution is -2.40. The van der Waals surface area contributed by atoms with Crippen LogP contribution in [0.1, 0.15) is 22.5 Å². The van der Waals surface area contributed by atoms with E-state index in [0.29, 0.717) is 6.42 Å². The molecule has 1 saturated heterocycles. The lowest BCUT2D eigenvalue weighted by Gasteiger charge is -2.27. The third kappa shape index (κ3) is 3.61. The number of carbonyl (C=O) groups excluding carboxylic acids is 1. The molecule has 0 aliphatic carbocycles. The fourth-order valence-electron chi connectivity index (χ4n) is 2.72. The van der Waals surface area contributed by atoms with Crippen molar-refractivity contribution in [2.75, 3.05) is 11.5 Å². The van der Waals surface area contributed by atoms with E-state index in [2.05, 4.69) is 0 Å². The van der Waals surface area contributed by atoms with Crippen molar-refractivity contribution in [3.63, 3.8) is 0 Å². The predicted molar refractivity (Wildman–Crippen MR) is 82.0 cm³/mol. The molecule has 1 fully saturated rings. The number of hydrogen-bond donors (Lipinski definition) is 0. The first-order chi connectivity index (χ1) is 10.9. The van der Waals surface area contributed by atoms with Crippen LogP contribution in [0.3, 0.4) is 0 Å². The second kappa shape index (κ2) is 6.16. The van der Waals surface area contributed by atoms with Gasteiger partial charge in [-0.05, 0) is 36.2 Å². The summed E-state index contributed by atoms with van der Waals surface area (Å²) in [4.78, 5) is 14.1. The Balaban J connectivity index is 1.87. The van der Waals surface area contributed by atoms with Gasteiger partial charge in [0.15, 0.2) is 15.6 Å². The minimum Gasteiger partial charge on any atom is -0.459 e. The molecule has 1 aliphatic rings. The van der Waals surface area contributed by atoms with Gasteiger partial charge in [0.25, 0.3) is 5.91 Å². The van der Waals surface area contributed by atoms with E-state index in [9.17, 15) is 17.6 Å². The lowest BCUT2D eigenvalue weighted by molar-refractivity contribution is 0.0648. The summed E-state index contributed by atoms with van der Waals surface area (Å²) in [5.41, 5.74) is 0.732. The molecule has 0 bridgehead atoms. The minimum absolute atomic E-state index is 0.0549. The van der Waals surface area contributed by atoms with Crippen LogP contribution in [0.4, 0.5) is 4.39 Å². The van der Waals surface area contributed by atoms with Gasteiger partial charge in [-0.3, -0.25) is 4.79 Å². The summed E-state index contributed by atoms with van der Waals surface area (Å²) < 4.78 is 41.7. The smallest absolute Gasteiger partial charge is 0.290 e. The molecule has 1 aromatic heterocycles. The molecule has 0 radical (unpaired) electrons. The van der Waals surface area contributed by atoms with Crippen molar-refractivity contribution in [1.29, 1.82) is 0 Å². The van der Waals surface area contributed by atoms with Crippen molar-refractivity contribution >= 4 is 15.7 Å². The maximum Gasteiger partial charge on any atom is 0.290 e. The van der Waals surface area contributed by atoms with Crippen LogP contribution >= 0.6 is 0 Å². The third-order valence-electron chi connectivity index (χ3n) is 3.91. The number of halogens is 1. The number of nitrogens with zero attached hydrogens (tertiary/aromatic N) is 1. The molecule has 5 nitrogen and oxygen atoms in total. The first kappa shape index (κ1) is 15.7. The fourth-order valence-corrected chi connectivity index (χ4v) is 4.45. The molecule has 2 heterocycles. The summed E-state index contributed by atoms with van der Waals surface area (Å²) in [6.45, 7) is 0.208. The second-order valence-electron chi connectivity index (χ2n) is 5.59. The standard InChI is InChI=1S/C16H16FNO4S/c17-13-5-3-12(4-6-13)10-18(14-7-9-23(20,21)11-14)16(19)15-2-1-8-22-15/h1-6,8,14H,7,9-11H2/t14-/m1/s1. The van der Waals surface area contributed by atoms with E-state index in [-0.39, 0.29) is 35.5 Å². The van der Waals surface area contributed by atoms with Gasteiger partial charge in [0.2, 0.25) is 0 Å². The van der Waals surface area contributed by atoms with E-state index in [4.69, 9.17) is 4.42 Å². The normalized spacial score (nSPS) is 19.6. The second-order valence-corrected chi connectivity index (χ2v) is 7.82. The average molecular weight is 337 g/mol. The van der Waals surface area contributed by atoms with Gasteiger partial charge in [-0.1, -0.05) is 12.1 Å². The SMILES string of the molecule is O=C(c1ccco1)N(Cc1ccc(F)cc1)[C@@H]1CCS(=O)(=O)C1. The molecule has 122 valence electrons. The van der Waals surface area contributed by atoms with Gasteiger partial charge in [-0.2, -0.15) is 0 Å². The Morgan fingerprint density at radius 1 is 1.26 bits per heavy atom. The summed E-state index contributed by atoms with van der Waals surface area (Å²) in [6, 6.07) is 8.55. The van der Waals surface area contributed by atoms with E-state index in [1.807, 2.05) is 0 Å². The zero-order valence-corrected chi connectivity index (χ0v) is 13.1. The molecule has 0 N–H and O–H groups in total. The van der Waals surface area contributed by atoms with Gasteiger partial charge >= 0.3 is 0 Å². The highest BCUT2D eigenvalue weighted by molar-refractivity contribution is 7.91. The Morgan fingerprint density at radius 2 is 2.00 bits per heavy atom. The Kier molecular flexibility index (Phi) is 4.21. The Bertz CT molecular complexity index is 784. The molecule has 0 spiro atoms. The zero-order valence-electron chi connectivity index (χ0n) is 12.3. The molecule has 7 heteroatoms. The molecule has 0 unspecified atom stereocenters. The third-order valence-corrected chi connectivity index (χ3v) is 5.66. The number of sulfone groups is 1. The molecular weight excluding hydrogens is 321 g/mol. The molecule has 1 aromatic carbocycles. The van der Waals surface area contributed by atoms with Crippen molar-refractivity contribution in [3.8, 4) is 0 Å². The van der Waals surface area contributed by atoms with E-state index in [1.54, 1.807) is 24.3 Å². The van der Waals surface area contributed by atoms with Gasteiger partial charge in [-0.15, -0.1) is 0 Å². The van der Waals surface area contributed by atoms with Crippen molar-refractivity contribution in [2.24, 2.45) is 0 Å². The number of rotatable bonds is 4. The Hall–Kier alpha value is -2.15. The predicted octanol–water partition coefficient (Wildman–Crippen LogP) is 2.25. The summed E-state index contributed by atoms with van der Waals surface area (Å²) in [5, 5.41) is 0. The van der Waals surface area contributed by atoms with Crippen LogP contribution in [-0.4, -0.2) is 36.8 Å². The van der Waals surface area contributed by atoms with Crippen LogP contribution in [0, 0.1) is 5.82 Å². The van der Waals surface area contributed by atoms with E-state index in [1.165, 1.54) is 23.3 Å². The quantitative estimate of drug-likeness (QED) is 0.858.